The summed E-state index contributed by atoms with van der Waals surface area (Å²) in [6.07, 6.45) is 10.1. The molecule has 0 aromatic heterocycles. The van der Waals surface area contributed by atoms with Crippen molar-refractivity contribution in [2.75, 3.05) is 0 Å². The highest BCUT2D eigenvalue weighted by atomic mass is 16.5. The number of esters is 2. The summed E-state index contributed by atoms with van der Waals surface area (Å²) in [5.74, 6) is -0.301. The van der Waals surface area contributed by atoms with Crippen LogP contribution in [0, 0.1) is 6.92 Å². The van der Waals surface area contributed by atoms with Gasteiger partial charge in [0.2, 0.25) is 0 Å². The van der Waals surface area contributed by atoms with Gasteiger partial charge in [-0.1, -0.05) is 24.8 Å². The Labute approximate surface area is 186 Å². The summed E-state index contributed by atoms with van der Waals surface area (Å²) in [4.78, 5) is 24.0. The van der Waals surface area contributed by atoms with Crippen molar-refractivity contribution < 1.29 is 29.3 Å². The summed E-state index contributed by atoms with van der Waals surface area (Å²) < 4.78 is 10.6. The highest BCUT2D eigenvalue weighted by Crippen LogP contribution is 2.24. The van der Waals surface area contributed by atoms with E-state index in [9.17, 15) is 19.8 Å². The highest BCUT2D eigenvalue weighted by molar-refractivity contribution is 5.89. The maximum absolute atomic E-state index is 12.0. The fraction of sp³-hybridized carbons (Fsp3) is 0.0769. The van der Waals surface area contributed by atoms with Gasteiger partial charge < -0.3 is 19.7 Å². The number of aryl methyl sites for hydroxylation is 1. The van der Waals surface area contributed by atoms with Crippen LogP contribution in [-0.2, 0) is 9.59 Å². The number of hydrogen-bond acceptors (Lipinski definition) is 6. The van der Waals surface area contributed by atoms with Crippen LogP contribution in [0.4, 0.5) is 0 Å². The Kier molecular flexibility index (Phi) is 8.80. The molecule has 2 N–H and O–H groups in total. The fourth-order valence-electron chi connectivity index (χ4n) is 2.36. The van der Waals surface area contributed by atoms with Gasteiger partial charge in [0.15, 0.2) is 0 Å². The Morgan fingerprint density at radius 2 is 1.56 bits per heavy atom. The van der Waals surface area contributed by atoms with Crippen LogP contribution < -0.4 is 9.47 Å². The van der Waals surface area contributed by atoms with Gasteiger partial charge in [-0.3, -0.25) is 0 Å². The summed E-state index contributed by atoms with van der Waals surface area (Å²) in [5.41, 5.74) is 1.86. The van der Waals surface area contributed by atoms with Gasteiger partial charge in [-0.15, -0.1) is 0 Å². The second-order valence-corrected chi connectivity index (χ2v) is 6.65. The number of carbonyl (C=O) groups excluding carboxylic acids is 2. The second kappa shape index (κ2) is 11.8. The van der Waals surface area contributed by atoms with Crippen molar-refractivity contribution in [3.63, 3.8) is 0 Å². The lowest BCUT2D eigenvalue weighted by Gasteiger charge is -2.08. The number of rotatable bonds is 8. The summed E-state index contributed by atoms with van der Waals surface area (Å²) in [6, 6.07) is 11.0. The Balaban J connectivity index is 1.93. The van der Waals surface area contributed by atoms with Crippen molar-refractivity contribution in [3.8, 4) is 17.2 Å². The molecule has 0 aliphatic carbocycles. The molecule has 6 heteroatoms. The minimum absolute atomic E-state index is 0.0920. The van der Waals surface area contributed by atoms with Crippen LogP contribution in [0.3, 0.4) is 0 Å². The molecular formula is C26H24O6. The number of hydrogen-bond donors (Lipinski definition) is 2. The van der Waals surface area contributed by atoms with Crippen LogP contribution in [0.25, 0.3) is 6.08 Å². The third kappa shape index (κ3) is 8.20. The van der Waals surface area contributed by atoms with Gasteiger partial charge in [-0.2, -0.15) is 0 Å². The standard InChI is InChI=1S/C26H24O6/c1-4-21(27)10-5-18(2)6-15-26(30)32-24-14-13-23(17-19(24)3)31-25(29)16-9-20-7-11-22(28)12-8-20/h4-17,27-28H,2H2,1,3H3/b10-5-,15-6+,16-9+,21-4+. The third-order valence-corrected chi connectivity index (χ3v) is 4.08. The third-order valence-electron chi connectivity index (χ3n) is 4.08. The van der Waals surface area contributed by atoms with E-state index >= 15 is 0 Å². The zero-order valence-corrected chi connectivity index (χ0v) is 17.8. The van der Waals surface area contributed by atoms with Gasteiger partial charge in [-0.25, -0.2) is 9.59 Å². The van der Waals surface area contributed by atoms with E-state index in [4.69, 9.17) is 9.47 Å². The molecule has 0 fully saturated rings. The normalized spacial score (nSPS) is 11.9. The molecule has 0 spiro atoms. The molecule has 0 heterocycles. The van der Waals surface area contributed by atoms with E-state index in [1.165, 1.54) is 54.6 Å². The van der Waals surface area contributed by atoms with Crippen molar-refractivity contribution in [2.24, 2.45) is 0 Å². The number of allylic oxidation sites excluding steroid dienone is 5. The minimum atomic E-state index is -0.598. The first-order valence-corrected chi connectivity index (χ1v) is 9.68. The predicted octanol–water partition coefficient (Wildman–Crippen LogP) is 5.36. The number of aliphatic hydroxyl groups excluding tert-OH is 1. The molecule has 2 rings (SSSR count). The topological polar surface area (TPSA) is 93.1 Å². The molecule has 0 aliphatic rings. The Morgan fingerprint density at radius 1 is 0.906 bits per heavy atom. The molecule has 0 atom stereocenters. The molecule has 0 aliphatic heterocycles. The summed E-state index contributed by atoms with van der Waals surface area (Å²) in [5, 5.41) is 18.6. The number of aliphatic hydroxyl groups is 1. The van der Waals surface area contributed by atoms with Crippen LogP contribution in [0.2, 0.25) is 0 Å². The summed E-state index contributed by atoms with van der Waals surface area (Å²) in [6.45, 7) is 7.16. The lowest BCUT2D eigenvalue weighted by atomic mass is 10.2. The molecular weight excluding hydrogens is 408 g/mol. The van der Waals surface area contributed by atoms with Crippen molar-refractivity contribution >= 4 is 18.0 Å². The van der Waals surface area contributed by atoms with Crippen molar-refractivity contribution in [1.29, 1.82) is 0 Å². The number of carbonyl (C=O) groups is 2. The maximum Gasteiger partial charge on any atom is 0.336 e. The zero-order valence-electron chi connectivity index (χ0n) is 17.8. The summed E-state index contributed by atoms with van der Waals surface area (Å²) >= 11 is 0. The van der Waals surface area contributed by atoms with Crippen molar-refractivity contribution in [2.45, 2.75) is 13.8 Å². The number of phenols is 1. The van der Waals surface area contributed by atoms with E-state index in [1.807, 2.05) is 0 Å². The van der Waals surface area contributed by atoms with Gasteiger partial charge in [0.25, 0.3) is 0 Å². The second-order valence-electron chi connectivity index (χ2n) is 6.65. The largest absolute Gasteiger partial charge is 0.508 e. The van der Waals surface area contributed by atoms with Crippen LogP contribution in [0.5, 0.6) is 17.2 Å². The zero-order chi connectivity index (χ0) is 23.5. The number of aromatic hydroxyl groups is 1. The first-order chi connectivity index (χ1) is 15.3. The molecule has 0 unspecified atom stereocenters. The molecule has 164 valence electrons. The molecule has 0 saturated heterocycles. The average molecular weight is 432 g/mol. The van der Waals surface area contributed by atoms with Gasteiger partial charge in [0, 0.05) is 12.2 Å². The first kappa shape index (κ1) is 24.0. The summed E-state index contributed by atoms with van der Waals surface area (Å²) in [7, 11) is 0. The lowest BCUT2D eigenvalue weighted by Crippen LogP contribution is -2.06. The van der Waals surface area contributed by atoms with E-state index in [0.29, 0.717) is 22.6 Å². The highest BCUT2D eigenvalue weighted by Gasteiger charge is 2.08. The molecule has 0 saturated carbocycles. The number of benzene rings is 2. The molecule has 32 heavy (non-hydrogen) atoms. The van der Waals surface area contributed by atoms with Gasteiger partial charge in [0.1, 0.15) is 23.0 Å². The van der Waals surface area contributed by atoms with Crippen LogP contribution in [0.15, 0.2) is 96.8 Å². The molecule has 2 aromatic rings. The van der Waals surface area contributed by atoms with Crippen molar-refractivity contribution in [1.82, 2.24) is 0 Å². The fourth-order valence-corrected chi connectivity index (χ4v) is 2.36. The SMILES string of the molecule is C=C(/C=C\C(O)=C/C)/C=C/C(=O)Oc1ccc(OC(=O)/C=C/c2ccc(O)cc2)cc1C. The molecule has 6 nitrogen and oxygen atoms in total. The van der Waals surface area contributed by atoms with Gasteiger partial charge in [0.05, 0.1) is 0 Å². The predicted molar refractivity (Wildman–Crippen MR) is 123 cm³/mol. The average Bonchev–Trinajstić information content (AvgIpc) is 2.77. The van der Waals surface area contributed by atoms with Gasteiger partial charge >= 0.3 is 11.9 Å². The quantitative estimate of drug-likeness (QED) is 0.192. The van der Waals surface area contributed by atoms with E-state index < -0.39 is 11.9 Å². The van der Waals surface area contributed by atoms with E-state index in [0.717, 1.165) is 5.56 Å². The Morgan fingerprint density at radius 3 is 2.22 bits per heavy atom. The van der Waals surface area contributed by atoms with E-state index in [2.05, 4.69) is 6.58 Å². The number of phenolic OH excluding ortho intramolecular Hbond substituents is 1. The first-order valence-electron chi connectivity index (χ1n) is 9.68. The number of ether oxygens (including phenoxy) is 2. The minimum Gasteiger partial charge on any atom is -0.508 e. The van der Waals surface area contributed by atoms with Crippen LogP contribution in [0.1, 0.15) is 18.1 Å². The van der Waals surface area contributed by atoms with Crippen LogP contribution >= 0.6 is 0 Å². The molecule has 0 amide bonds. The molecule has 2 aromatic carbocycles. The van der Waals surface area contributed by atoms with Gasteiger partial charge in [-0.05, 0) is 85.2 Å². The Bertz CT molecular complexity index is 1100. The van der Waals surface area contributed by atoms with Crippen LogP contribution in [-0.4, -0.2) is 22.2 Å². The maximum atomic E-state index is 12.0. The monoisotopic (exact) mass is 432 g/mol. The lowest BCUT2D eigenvalue weighted by molar-refractivity contribution is -0.130. The molecule has 0 bridgehead atoms. The Hall–Kier alpha value is -4.32. The smallest absolute Gasteiger partial charge is 0.336 e. The van der Waals surface area contributed by atoms with E-state index in [-0.39, 0.29) is 11.5 Å². The molecule has 0 radical (unpaired) electrons. The van der Waals surface area contributed by atoms with Crippen molar-refractivity contribution in [3.05, 3.63) is 108 Å². The van der Waals surface area contributed by atoms with E-state index in [1.54, 1.807) is 44.2 Å².